The molecule has 1 saturated carbocycles. The Hall–Kier alpha value is -2.71. The summed E-state index contributed by atoms with van der Waals surface area (Å²) in [7, 11) is 0. The van der Waals surface area contributed by atoms with Gasteiger partial charge in [-0.25, -0.2) is 9.48 Å². The largest absolute Gasteiger partial charge is 0.444 e. The Bertz CT molecular complexity index is 1070. The summed E-state index contributed by atoms with van der Waals surface area (Å²) in [4.78, 5) is 25.4. The van der Waals surface area contributed by atoms with Crippen LogP contribution in [-0.4, -0.2) is 48.7 Å². The van der Waals surface area contributed by atoms with Crippen LogP contribution in [-0.2, 0) is 28.7 Å². The van der Waals surface area contributed by atoms with Gasteiger partial charge in [-0.15, -0.1) is 0 Å². The minimum atomic E-state index is -4.63. The Morgan fingerprint density at radius 1 is 1.26 bits per heavy atom. The fourth-order valence-corrected chi connectivity index (χ4v) is 3.66. The number of aromatic nitrogens is 4. The molecule has 0 bridgehead atoms. The van der Waals surface area contributed by atoms with Crippen molar-refractivity contribution in [3.63, 3.8) is 0 Å². The second kappa shape index (κ2) is 9.74. The minimum Gasteiger partial charge on any atom is -0.444 e. The number of alkyl halides is 5. The minimum absolute atomic E-state index is 0.0438. The van der Waals surface area contributed by atoms with Crippen molar-refractivity contribution in [3.8, 4) is 0 Å². The summed E-state index contributed by atoms with van der Waals surface area (Å²) in [5, 5.41) is 12.3. The molecule has 1 atom stereocenters. The van der Waals surface area contributed by atoms with Crippen molar-refractivity contribution in [2.45, 2.75) is 76.5 Å². The lowest BCUT2D eigenvalue weighted by Crippen LogP contribution is -2.53. The second-order valence-corrected chi connectivity index (χ2v) is 10.1. The van der Waals surface area contributed by atoms with Gasteiger partial charge in [-0.3, -0.25) is 9.48 Å². The quantitative estimate of drug-likeness (QED) is 0.466. The van der Waals surface area contributed by atoms with Gasteiger partial charge in [0.2, 0.25) is 5.91 Å². The SMILES string of the molecule is CC(C)(C)OC(=O)N[C@H](Cc1cnn(C(F)F)c1)C(=O)NC1(Cn2nc(C(F)(F)F)cc2Br)CC1. The van der Waals surface area contributed by atoms with Crippen molar-refractivity contribution in [1.82, 2.24) is 30.2 Å². The van der Waals surface area contributed by atoms with E-state index < -0.39 is 47.6 Å². The highest BCUT2D eigenvalue weighted by Gasteiger charge is 2.47. The van der Waals surface area contributed by atoms with Gasteiger partial charge in [-0.2, -0.15) is 32.1 Å². The van der Waals surface area contributed by atoms with E-state index in [4.69, 9.17) is 4.74 Å². The molecule has 2 N–H and O–H groups in total. The molecule has 194 valence electrons. The van der Waals surface area contributed by atoms with Gasteiger partial charge >= 0.3 is 18.8 Å². The molecule has 2 aromatic rings. The molecular weight excluding hydrogens is 547 g/mol. The summed E-state index contributed by atoms with van der Waals surface area (Å²) < 4.78 is 71.4. The summed E-state index contributed by atoms with van der Waals surface area (Å²) in [6, 6.07) is -0.379. The molecule has 1 aliphatic rings. The Morgan fingerprint density at radius 2 is 1.91 bits per heavy atom. The molecule has 35 heavy (non-hydrogen) atoms. The van der Waals surface area contributed by atoms with Crippen LogP contribution < -0.4 is 10.6 Å². The first kappa shape index (κ1) is 26.9. The van der Waals surface area contributed by atoms with Crippen LogP contribution in [0.3, 0.4) is 0 Å². The van der Waals surface area contributed by atoms with E-state index in [2.05, 4.69) is 36.8 Å². The highest BCUT2D eigenvalue weighted by molar-refractivity contribution is 9.10. The highest BCUT2D eigenvalue weighted by Crippen LogP contribution is 2.39. The number of rotatable bonds is 8. The second-order valence-electron chi connectivity index (χ2n) is 9.29. The number of halogens is 6. The third-order valence-electron chi connectivity index (χ3n) is 5.02. The Kier molecular flexibility index (Phi) is 7.48. The summed E-state index contributed by atoms with van der Waals surface area (Å²) in [6.45, 7) is 1.97. The monoisotopic (exact) mass is 570 g/mol. The van der Waals surface area contributed by atoms with Crippen LogP contribution in [0, 0.1) is 0 Å². The molecule has 1 fully saturated rings. The van der Waals surface area contributed by atoms with Crippen molar-refractivity contribution in [2.75, 3.05) is 0 Å². The molecule has 9 nitrogen and oxygen atoms in total. The predicted molar refractivity (Wildman–Crippen MR) is 115 cm³/mol. The number of nitrogens with one attached hydrogen (secondary N) is 2. The molecule has 0 radical (unpaired) electrons. The average molecular weight is 571 g/mol. The van der Waals surface area contributed by atoms with Crippen molar-refractivity contribution in [3.05, 3.63) is 34.3 Å². The van der Waals surface area contributed by atoms with Gasteiger partial charge < -0.3 is 15.4 Å². The molecule has 1 aliphatic carbocycles. The molecule has 15 heteroatoms. The first-order valence-corrected chi connectivity index (χ1v) is 11.3. The van der Waals surface area contributed by atoms with Crippen LogP contribution in [0.4, 0.5) is 26.7 Å². The van der Waals surface area contributed by atoms with Gasteiger partial charge in [-0.1, -0.05) is 0 Å². The molecule has 0 saturated heterocycles. The Labute approximate surface area is 205 Å². The number of nitrogens with zero attached hydrogens (tertiary/aromatic N) is 4. The number of hydrogen-bond acceptors (Lipinski definition) is 5. The first-order chi connectivity index (χ1) is 16.1. The van der Waals surface area contributed by atoms with Gasteiger partial charge in [0.15, 0.2) is 5.69 Å². The highest BCUT2D eigenvalue weighted by atomic mass is 79.9. The van der Waals surface area contributed by atoms with Crippen LogP contribution in [0.15, 0.2) is 23.1 Å². The van der Waals surface area contributed by atoms with Gasteiger partial charge in [0.05, 0.1) is 18.3 Å². The lowest BCUT2D eigenvalue weighted by molar-refractivity contribution is -0.141. The van der Waals surface area contributed by atoms with Gasteiger partial charge in [0, 0.05) is 18.7 Å². The van der Waals surface area contributed by atoms with Gasteiger partial charge in [0.1, 0.15) is 16.2 Å². The molecule has 2 aromatic heterocycles. The molecule has 2 heterocycles. The smallest absolute Gasteiger partial charge is 0.435 e. The van der Waals surface area contributed by atoms with Crippen molar-refractivity contribution >= 4 is 27.9 Å². The Balaban J connectivity index is 1.74. The molecule has 3 rings (SSSR count). The number of alkyl carbamates (subject to hydrolysis) is 1. The van der Waals surface area contributed by atoms with Crippen LogP contribution in [0.1, 0.15) is 51.4 Å². The van der Waals surface area contributed by atoms with E-state index >= 15 is 0 Å². The van der Waals surface area contributed by atoms with E-state index in [1.807, 2.05) is 0 Å². The van der Waals surface area contributed by atoms with Crippen LogP contribution >= 0.6 is 15.9 Å². The van der Waals surface area contributed by atoms with Crippen molar-refractivity contribution in [2.24, 2.45) is 0 Å². The Morgan fingerprint density at radius 3 is 2.40 bits per heavy atom. The molecular formula is C20H24BrF5N6O3. The molecule has 0 aromatic carbocycles. The van der Waals surface area contributed by atoms with Gasteiger partial charge in [0.25, 0.3) is 0 Å². The number of ether oxygens (including phenoxy) is 1. The first-order valence-electron chi connectivity index (χ1n) is 10.5. The van der Waals surface area contributed by atoms with Crippen LogP contribution in [0.5, 0.6) is 0 Å². The van der Waals surface area contributed by atoms with E-state index in [0.717, 1.165) is 23.1 Å². The van der Waals surface area contributed by atoms with E-state index in [0.29, 0.717) is 17.5 Å². The standard InChI is InChI=1S/C20H24BrF5N6O3/c1-18(2,3)35-17(34)28-12(6-11-8-27-31(9-11)16(22)23)15(33)29-19(4-5-19)10-32-14(21)7-13(30-32)20(24,25)26/h7-9,12,16H,4-6,10H2,1-3H3,(H,28,34)(H,29,33)/t12-/m1/s1. The predicted octanol–water partition coefficient (Wildman–Crippen LogP) is 4.04. The van der Waals surface area contributed by atoms with Crippen molar-refractivity contribution in [1.29, 1.82) is 0 Å². The third kappa shape index (κ3) is 7.39. The lowest BCUT2D eigenvalue weighted by Gasteiger charge is -2.25. The average Bonchev–Trinajstić information content (AvgIpc) is 3.10. The normalized spacial score (nSPS) is 16.2. The summed E-state index contributed by atoms with van der Waals surface area (Å²) in [5.41, 5.74) is -2.55. The zero-order chi connectivity index (χ0) is 26.2. The molecule has 2 amide bonds. The maximum absolute atomic E-state index is 13.1. The van der Waals surface area contributed by atoms with E-state index in [1.54, 1.807) is 20.8 Å². The third-order valence-corrected chi connectivity index (χ3v) is 5.66. The summed E-state index contributed by atoms with van der Waals surface area (Å²) in [6.07, 6.45) is -2.56. The number of carbonyl (C=O) groups is 2. The zero-order valence-electron chi connectivity index (χ0n) is 19.0. The number of amides is 2. The molecule has 0 aliphatic heterocycles. The van der Waals surface area contributed by atoms with Gasteiger partial charge in [-0.05, 0) is 55.1 Å². The van der Waals surface area contributed by atoms with Crippen LogP contribution in [0.25, 0.3) is 0 Å². The zero-order valence-corrected chi connectivity index (χ0v) is 20.6. The van der Waals surface area contributed by atoms with Crippen LogP contribution in [0.2, 0.25) is 0 Å². The number of carbonyl (C=O) groups excluding carboxylic acids is 2. The fourth-order valence-electron chi connectivity index (χ4n) is 3.24. The topological polar surface area (TPSA) is 103 Å². The maximum Gasteiger partial charge on any atom is 0.435 e. The maximum atomic E-state index is 13.1. The lowest BCUT2D eigenvalue weighted by atomic mass is 10.1. The van der Waals surface area contributed by atoms with E-state index in [-0.39, 0.29) is 23.1 Å². The molecule has 0 unspecified atom stereocenters. The molecule has 0 spiro atoms. The summed E-state index contributed by atoms with van der Waals surface area (Å²) in [5.74, 6) is -0.655. The van der Waals surface area contributed by atoms with E-state index in [1.165, 1.54) is 0 Å². The number of hydrogen-bond donors (Lipinski definition) is 2. The van der Waals surface area contributed by atoms with E-state index in [9.17, 15) is 31.5 Å². The van der Waals surface area contributed by atoms with Crippen molar-refractivity contribution < 1.29 is 36.3 Å². The fraction of sp³-hybridized carbons (Fsp3) is 0.600. The summed E-state index contributed by atoms with van der Waals surface area (Å²) >= 11 is 3.05.